The van der Waals surface area contributed by atoms with Crippen LogP contribution in [0.5, 0.6) is 0 Å². The molecule has 2 fully saturated rings. The third-order valence-electron chi connectivity index (χ3n) is 4.47. The topological polar surface area (TPSA) is 54.3 Å². The van der Waals surface area contributed by atoms with Crippen LogP contribution in [0.2, 0.25) is 0 Å². The lowest BCUT2D eigenvalue weighted by molar-refractivity contribution is 0.137. The Morgan fingerprint density at radius 2 is 1.90 bits per heavy atom. The molecule has 1 aromatic rings. The maximum atomic E-state index is 12.8. The van der Waals surface area contributed by atoms with E-state index < -0.39 is 0 Å². The lowest BCUT2D eigenvalue weighted by atomic mass is 10.1. The van der Waals surface area contributed by atoms with E-state index in [-0.39, 0.29) is 12.1 Å². The highest BCUT2D eigenvalue weighted by Gasteiger charge is 2.36. The minimum absolute atomic E-state index is 0.0813. The van der Waals surface area contributed by atoms with Gasteiger partial charge in [-0.2, -0.15) is 0 Å². The van der Waals surface area contributed by atoms with Crippen molar-refractivity contribution in [1.29, 1.82) is 0 Å². The van der Waals surface area contributed by atoms with Crippen molar-refractivity contribution in [1.82, 2.24) is 24.6 Å². The fourth-order valence-corrected chi connectivity index (χ4v) is 3.81. The van der Waals surface area contributed by atoms with Crippen LogP contribution in [-0.4, -0.2) is 56.5 Å². The highest BCUT2D eigenvalue weighted by atomic mass is 32.2. The maximum absolute atomic E-state index is 12.8. The van der Waals surface area contributed by atoms with Crippen LogP contribution in [0.4, 0.5) is 4.79 Å². The van der Waals surface area contributed by atoms with Gasteiger partial charge in [0.2, 0.25) is 0 Å². The van der Waals surface area contributed by atoms with Gasteiger partial charge in [0.05, 0.1) is 6.04 Å². The quantitative estimate of drug-likeness (QED) is 0.787. The van der Waals surface area contributed by atoms with Crippen LogP contribution in [-0.2, 0) is 7.05 Å². The van der Waals surface area contributed by atoms with Crippen LogP contribution in [0.15, 0.2) is 5.16 Å². The monoisotopic (exact) mass is 309 g/mol. The zero-order valence-electron chi connectivity index (χ0n) is 12.8. The van der Waals surface area contributed by atoms with Crippen molar-refractivity contribution in [2.24, 2.45) is 7.05 Å². The molecule has 116 valence electrons. The highest BCUT2D eigenvalue weighted by molar-refractivity contribution is 7.98. The van der Waals surface area contributed by atoms with Gasteiger partial charge in [0, 0.05) is 26.7 Å². The highest BCUT2D eigenvalue weighted by Crippen LogP contribution is 2.33. The molecule has 21 heavy (non-hydrogen) atoms. The second-order valence-electron chi connectivity index (χ2n) is 5.79. The van der Waals surface area contributed by atoms with Gasteiger partial charge in [0.15, 0.2) is 11.0 Å². The standard InChI is InChI=1S/C14H23N5OS/c1-17-12(15-16-13(17)21-2)11-7-6-10-19(11)14(20)18-8-4-3-5-9-18/h11H,3-10H2,1-2H3/t11-/m0/s1. The molecule has 0 unspecified atom stereocenters. The van der Waals surface area contributed by atoms with E-state index in [1.54, 1.807) is 11.8 Å². The summed E-state index contributed by atoms with van der Waals surface area (Å²) in [6, 6.07) is 0.267. The van der Waals surface area contributed by atoms with E-state index in [9.17, 15) is 4.79 Å². The Bertz CT molecular complexity index is 511. The van der Waals surface area contributed by atoms with Crippen molar-refractivity contribution in [3.05, 3.63) is 5.82 Å². The molecule has 2 saturated heterocycles. The molecule has 0 radical (unpaired) electrons. The van der Waals surface area contributed by atoms with Crippen LogP contribution in [0.25, 0.3) is 0 Å². The van der Waals surface area contributed by atoms with Gasteiger partial charge in [-0.15, -0.1) is 10.2 Å². The Morgan fingerprint density at radius 3 is 2.57 bits per heavy atom. The molecule has 3 rings (SSSR count). The van der Waals surface area contributed by atoms with E-state index in [0.717, 1.165) is 56.3 Å². The number of hydrogen-bond acceptors (Lipinski definition) is 4. The predicted molar refractivity (Wildman–Crippen MR) is 82.3 cm³/mol. The van der Waals surface area contributed by atoms with Gasteiger partial charge >= 0.3 is 6.03 Å². The number of hydrogen-bond donors (Lipinski definition) is 0. The SMILES string of the molecule is CSc1nnc([C@@H]2CCCN2C(=O)N2CCCCC2)n1C. The van der Waals surface area contributed by atoms with Gasteiger partial charge in [-0.3, -0.25) is 0 Å². The number of nitrogens with zero attached hydrogens (tertiary/aromatic N) is 5. The summed E-state index contributed by atoms with van der Waals surface area (Å²) in [7, 11) is 1.99. The van der Waals surface area contributed by atoms with E-state index in [4.69, 9.17) is 0 Å². The zero-order chi connectivity index (χ0) is 14.8. The Balaban J connectivity index is 1.78. The first-order chi connectivity index (χ1) is 10.2. The number of urea groups is 1. The first kappa shape index (κ1) is 14.7. The molecule has 0 aliphatic carbocycles. The van der Waals surface area contributed by atoms with Gasteiger partial charge in [0.1, 0.15) is 0 Å². The van der Waals surface area contributed by atoms with Gasteiger partial charge in [-0.25, -0.2) is 4.79 Å². The molecule has 2 aliphatic rings. The summed E-state index contributed by atoms with van der Waals surface area (Å²) in [4.78, 5) is 16.8. The van der Waals surface area contributed by atoms with E-state index in [1.807, 2.05) is 27.7 Å². The van der Waals surface area contributed by atoms with Crippen LogP contribution in [0, 0.1) is 0 Å². The smallest absolute Gasteiger partial charge is 0.320 e. The number of thioether (sulfide) groups is 1. The second kappa shape index (κ2) is 6.25. The minimum atomic E-state index is 0.0813. The van der Waals surface area contributed by atoms with Gasteiger partial charge in [-0.05, 0) is 38.4 Å². The Hall–Kier alpha value is -1.24. The molecular weight excluding hydrogens is 286 g/mol. The summed E-state index contributed by atoms with van der Waals surface area (Å²) in [6.07, 6.45) is 7.54. The van der Waals surface area contributed by atoms with Crippen molar-refractivity contribution in [3.63, 3.8) is 0 Å². The Kier molecular flexibility index (Phi) is 4.37. The molecule has 3 heterocycles. The molecule has 2 amide bonds. The van der Waals surface area contributed by atoms with E-state index in [0.29, 0.717) is 0 Å². The molecule has 1 aromatic heterocycles. The number of piperidine rings is 1. The molecule has 6 nitrogen and oxygen atoms in total. The van der Waals surface area contributed by atoms with Crippen molar-refractivity contribution in [2.45, 2.75) is 43.3 Å². The molecule has 0 bridgehead atoms. The third kappa shape index (κ3) is 2.75. The van der Waals surface area contributed by atoms with E-state index in [1.165, 1.54) is 6.42 Å². The first-order valence-electron chi connectivity index (χ1n) is 7.71. The maximum Gasteiger partial charge on any atom is 0.320 e. The van der Waals surface area contributed by atoms with Crippen LogP contribution >= 0.6 is 11.8 Å². The largest absolute Gasteiger partial charge is 0.325 e. The number of rotatable bonds is 2. The van der Waals surface area contributed by atoms with Crippen LogP contribution in [0.1, 0.15) is 44.0 Å². The molecule has 0 N–H and O–H groups in total. The average molecular weight is 309 g/mol. The third-order valence-corrected chi connectivity index (χ3v) is 5.19. The fraction of sp³-hybridized carbons (Fsp3) is 0.786. The zero-order valence-corrected chi connectivity index (χ0v) is 13.6. The van der Waals surface area contributed by atoms with Crippen LogP contribution < -0.4 is 0 Å². The molecule has 0 aromatic carbocycles. The number of likely N-dealkylation sites (tertiary alicyclic amines) is 2. The van der Waals surface area contributed by atoms with Crippen molar-refractivity contribution < 1.29 is 4.79 Å². The minimum Gasteiger partial charge on any atom is -0.325 e. The summed E-state index contributed by atoms with van der Waals surface area (Å²) in [5.74, 6) is 0.919. The molecule has 0 spiro atoms. The van der Waals surface area contributed by atoms with Crippen molar-refractivity contribution in [3.8, 4) is 0 Å². The van der Waals surface area contributed by atoms with Crippen molar-refractivity contribution in [2.75, 3.05) is 25.9 Å². The number of aromatic nitrogens is 3. The van der Waals surface area contributed by atoms with E-state index >= 15 is 0 Å². The predicted octanol–water partition coefficient (Wildman–Crippen LogP) is 2.28. The molecule has 7 heteroatoms. The van der Waals surface area contributed by atoms with Gasteiger partial charge in [-0.1, -0.05) is 11.8 Å². The lowest BCUT2D eigenvalue weighted by Crippen LogP contribution is -2.45. The lowest BCUT2D eigenvalue weighted by Gasteiger charge is -2.33. The van der Waals surface area contributed by atoms with Crippen molar-refractivity contribution >= 4 is 17.8 Å². The fourth-order valence-electron chi connectivity index (χ4n) is 3.33. The Morgan fingerprint density at radius 1 is 1.14 bits per heavy atom. The summed E-state index contributed by atoms with van der Waals surface area (Å²) in [5.41, 5.74) is 0. The molecule has 0 saturated carbocycles. The summed E-state index contributed by atoms with van der Waals surface area (Å²) in [6.45, 7) is 2.63. The normalized spacial score (nSPS) is 22.9. The summed E-state index contributed by atoms with van der Waals surface area (Å²) >= 11 is 1.59. The summed E-state index contributed by atoms with van der Waals surface area (Å²) in [5, 5.41) is 9.44. The first-order valence-corrected chi connectivity index (χ1v) is 8.93. The number of amides is 2. The van der Waals surface area contributed by atoms with E-state index in [2.05, 4.69) is 10.2 Å². The van der Waals surface area contributed by atoms with Gasteiger partial charge in [0.25, 0.3) is 0 Å². The van der Waals surface area contributed by atoms with Gasteiger partial charge < -0.3 is 14.4 Å². The number of carbonyl (C=O) groups is 1. The summed E-state index contributed by atoms with van der Waals surface area (Å²) < 4.78 is 2.02. The molecule has 2 aliphatic heterocycles. The average Bonchev–Trinajstić information content (AvgIpc) is 3.13. The number of carbonyl (C=O) groups excluding carboxylic acids is 1. The molecule has 1 atom stereocenters. The Labute approximate surface area is 129 Å². The molecular formula is C14H23N5OS. The second-order valence-corrected chi connectivity index (χ2v) is 6.56. The van der Waals surface area contributed by atoms with Crippen LogP contribution in [0.3, 0.4) is 0 Å².